The van der Waals surface area contributed by atoms with Crippen LogP contribution in [0.1, 0.15) is 26.2 Å². The van der Waals surface area contributed by atoms with Crippen LogP contribution in [-0.4, -0.2) is 80.2 Å². The molecule has 0 spiro atoms. The van der Waals surface area contributed by atoms with Gasteiger partial charge in [0, 0.05) is 31.8 Å². The lowest BCUT2D eigenvalue weighted by atomic mass is 9.88. The van der Waals surface area contributed by atoms with Crippen molar-refractivity contribution >= 4 is 27.4 Å². The first-order valence-electron chi connectivity index (χ1n) is 8.12. The third-order valence-electron chi connectivity index (χ3n) is 4.73. The number of sulfone groups is 1. The second-order valence-electron chi connectivity index (χ2n) is 7.31. The summed E-state index contributed by atoms with van der Waals surface area (Å²) in [5, 5.41) is 5.44. The van der Waals surface area contributed by atoms with Crippen molar-refractivity contribution in [2.75, 3.05) is 38.3 Å². The third kappa shape index (κ3) is 3.46. The molecule has 0 bridgehead atoms. The fourth-order valence-corrected chi connectivity index (χ4v) is 5.08. The highest BCUT2D eigenvalue weighted by molar-refractivity contribution is 7.91. The minimum absolute atomic E-state index is 0.0331. The summed E-state index contributed by atoms with van der Waals surface area (Å²) in [5.41, 5.74) is 0.291. The van der Waals surface area contributed by atoms with Crippen LogP contribution in [0.5, 0.6) is 0 Å². The molecule has 2 amide bonds. The largest absolute Gasteiger partial charge is 0.380 e. The normalized spacial score (nSPS) is 28.2. The molecular weight excluding hydrogens is 334 g/mol. The lowest BCUT2D eigenvalue weighted by Gasteiger charge is -2.41. The molecule has 0 unspecified atom stereocenters. The van der Waals surface area contributed by atoms with Crippen LogP contribution in [-0.2, 0) is 24.2 Å². The van der Waals surface area contributed by atoms with Gasteiger partial charge in [-0.3, -0.25) is 9.59 Å². The molecule has 0 radical (unpaired) electrons. The number of nitrogens with zero attached hydrogens (tertiary/aromatic N) is 3. The molecule has 8 nitrogen and oxygen atoms in total. The molecular formula is C15H23N3O5S. The lowest BCUT2D eigenvalue weighted by Crippen LogP contribution is -2.51. The second kappa shape index (κ2) is 6.11. The average Bonchev–Trinajstić information content (AvgIpc) is 2.85. The van der Waals surface area contributed by atoms with Crippen LogP contribution < -0.4 is 0 Å². The van der Waals surface area contributed by atoms with Crippen LogP contribution >= 0.6 is 0 Å². The Hall–Kier alpha value is -1.48. The van der Waals surface area contributed by atoms with E-state index in [9.17, 15) is 18.0 Å². The molecule has 3 aliphatic heterocycles. The van der Waals surface area contributed by atoms with Gasteiger partial charge in [0.15, 0.2) is 9.84 Å². The molecule has 1 atom stereocenters. The Labute approximate surface area is 141 Å². The maximum atomic E-state index is 12.6. The van der Waals surface area contributed by atoms with Crippen molar-refractivity contribution in [1.82, 2.24) is 9.91 Å². The lowest BCUT2D eigenvalue weighted by molar-refractivity contribution is -0.137. The van der Waals surface area contributed by atoms with Crippen LogP contribution in [0.4, 0.5) is 0 Å². The highest BCUT2D eigenvalue weighted by Crippen LogP contribution is 2.28. The van der Waals surface area contributed by atoms with Crippen molar-refractivity contribution in [2.45, 2.75) is 32.2 Å². The molecule has 2 fully saturated rings. The summed E-state index contributed by atoms with van der Waals surface area (Å²) in [5.74, 6) is -0.426. The zero-order valence-corrected chi connectivity index (χ0v) is 14.8. The smallest absolute Gasteiger partial charge is 0.269 e. The Kier molecular flexibility index (Phi) is 4.41. The van der Waals surface area contributed by atoms with Crippen molar-refractivity contribution in [2.24, 2.45) is 10.5 Å². The number of carbonyl (C=O) groups excluding carboxylic acids is 2. The first-order valence-corrected chi connectivity index (χ1v) is 9.94. The molecule has 134 valence electrons. The molecule has 3 aliphatic rings. The second-order valence-corrected chi connectivity index (χ2v) is 9.54. The quantitative estimate of drug-likeness (QED) is 0.685. The molecule has 24 heavy (non-hydrogen) atoms. The highest BCUT2D eigenvalue weighted by Gasteiger charge is 2.39. The van der Waals surface area contributed by atoms with E-state index < -0.39 is 15.9 Å². The zero-order chi connectivity index (χ0) is 17.5. The summed E-state index contributed by atoms with van der Waals surface area (Å²) in [4.78, 5) is 26.3. The molecule has 9 heteroatoms. The molecule has 0 N–H and O–H groups in total. The van der Waals surface area contributed by atoms with E-state index >= 15 is 0 Å². The Bertz CT molecular complexity index is 683. The van der Waals surface area contributed by atoms with Crippen molar-refractivity contribution in [3.05, 3.63) is 0 Å². The standard InChI is InChI=1S/C15H23N3O5S/c1-15(9-23-10-15)8-17(2)14(20)12-3-4-13(19)18(16-12)11-5-6-24(21,22)7-11/h11H,3-10H2,1-2H3/t11-/m0/s1. The van der Waals surface area contributed by atoms with Gasteiger partial charge in [0.25, 0.3) is 5.91 Å². The predicted octanol–water partition coefficient (Wildman–Crippen LogP) is -0.353. The topological polar surface area (TPSA) is 96.3 Å². The summed E-state index contributed by atoms with van der Waals surface area (Å²) >= 11 is 0. The van der Waals surface area contributed by atoms with Gasteiger partial charge in [0.05, 0.1) is 30.8 Å². The molecule has 3 heterocycles. The van der Waals surface area contributed by atoms with Crippen molar-refractivity contribution in [3.63, 3.8) is 0 Å². The summed E-state index contributed by atoms with van der Waals surface area (Å²) in [6.45, 7) is 3.88. The Balaban J connectivity index is 1.71. The number of ether oxygens (including phenoxy) is 1. The van der Waals surface area contributed by atoms with E-state index in [2.05, 4.69) is 12.0 Å². The highest BCUT2D eigenvalue weighted by atomic mass is 32.2. The van der Waals surface area contributed by atoms with Crippen molar-refractivity contribution in [3.8, 4) is 0 Å². The number of carbonyl (C=O) groups is 2. The number of hydrogen-bond donors (Lipinski definition) is 0. The Morgan fingerprint density at radius 1 is 1.42 bits per heavy atom. The van der Waals surface area contributed by atoms with Gasteiger partial charge in [0.1, 0.15) is 5.71 Å². The molecule has 3 rings (SSSR count). The van der Waals surface area contributed by atoms with E-state index in [1.54, 1.807) is 11.9 Å². The van der Waals surface area contributed by atoms with E-state index in [1.165, 1.54) is 5.01 Å². The fraction of sp³-hybridized carbons (Fsp3) is 0.800. The fourth-order valence-electron chi connectivity index (χ4n) is 3.39. The Morgan fingerprint density at radius 3 is 2.67 bits per heavy atom. The maximum absolute atomic E-state index is 12.6. The third-order valence-corrected chi connectivity index (χ3v) is 6.48. The predicted molar refractivity (Wildman–Crippen MR) is 87.1 cm³/mol. The van der Waals surface area contributed by atoms with Crippen LogP contribution in [0.2, 0.25) is 0 Å². The van der Waals surface area contributed by atoms with Gasteiger partial charge in [-0.25, -0.2) is 13.4 Å². The number of rotatable bonds is 4. The van der Waals surface area contributed by atoms with Crippen LogP contribution in [0.3, 0.4) is 0 Å². The number of hydrazone groups is 1. The Morgan fingerprint density at radius 2 is 2.12 bits per heavy atom. The zero-order valence-electron chi connectivity index (χ0n) is 14.0. The minimum atomic E-state index is -3.11. The van der Waals surface area contributed by atoms with Gasteiger partial charge < -0.3 is 9.64 Å². The molecule has 0 aromatic carbocycles. The summed E-state index contributed by atoms with van der Waals surface area (Å²) in [7, 11) is -1.40. The van der Waals surface area contributed by atoms with Crippen molar-refractivity contribution < 1.29 is 22.7 Å². The van der Waals surface area contributed by atoms with Gasteiger partial charge in [-0.05, 0) is 6.42 Å². The molecule has 2 saturated heterocycles. The van der Waals surface area contributed by atoms with Gasteiger partial charge in [-0.1, -0.05) is 6.92 Å². The van der Waals surface area contributed by atoms with E-state index in [-0.39, 0.29) is 35.2 Å². The number of hydrogen-bond acceptors (Lipinski definition) is 6. The first kappa shape index (κ1) is 17.3. The van der Waals surface area contributed by atoms with Gasteiger partial charge in [-0.2, -0.15) is 5.10 Å². The maximum Gasteiger partial charge on any atom is 0.269 e. The first-order chi connectivity index (χ1) is 11.2. The van der Waals surface area contributed by atoms with Gasteiger partial charge in [0.2, 0.25) is 5.91 Å². The summed E-state index contributed by atoms with van der Waals surface area (Å²) in [6.07, 6.45) is 0.866. The van der Waals surface area contributed by atoms with Gasteiger partial charge >= 0.3 is 0 Å². The van der Waals surface area contributed by atoms with Crippen LogP contribution in [0.15, 0.2) is 5.10 Å². The monoisotopic (exact) mass is 357 g/mol. The SMILES string of the molecule is CN(CC1(C)COC1)C(=O)C1=NN([C@H]2CCS(=O)(=O)C2)C(=O)CC1. The van der Waals surface area contributed by atoms with E-state index in [0.717, 1.165) is 0 Å². The molecule has 0 saturated carbocycles. The van der Waals surface area contributed by atoms with Crippen molar-refractivity contribution in [1.29, 1.82) is 0 Å². The molecule has 0 aliphatic carbocycles. The summed E-state index contributed by atoms with van der Waals surface area (Å²) in [6, 6.07) is -0.451. The van der Waals surface area contributed by atoms with Crippen LogP contribution in [0, 0.1) is 5.41 Å². The summed E-state index contributed by atoms with van der Waals surface area (Å²) < 4.78 is 28.5. The average molecular weight is 357 g/mol. The van der Waals surface area contributed by atoms with Gasteiger partial charge in [-0.15, -0.1) is 0 Å². The van der Waals surface area contributed by atoms with E-state index in [0.29, 0.717) is 38.3 Å². The van der Waals surface area contributed by atoms with Crippen LogP contribution in [0.25, 0.3) is 0 Å². The molecule has 0 aromatic heterocycles. The number of amides is 2. The van der Waals surface area contributed by atoms with E-state index in [1.807, 2.05) is 0 Å². The van der Waals surface area contributed by atoms with E-state index in [4.69, 9.17) is 4.74 Å². The molecule has 0 aromatic rings. The minimum Gasteiger partial charge on any atom is -0.380 e.